The lowest BCUT2D eigenvalue weighted by atomic mass is 9.78. The van der Waals surface area contributed by atoms with Crippen LogP contribution in [0.5, 0.6) is 0 Å². The van der Waals surface area contributed by atoms with Gasteiger partial charge in [-0.1, -0.05) is 34.6 Å². The summed E-state index contributed by atoms with van der Waals surface area (Å²) < 4.78 is 0. The SMILES string of the molecule is CCC(C)C(C)=C=C1CC(C(C)NC)C(C(C)C)C1C. The fourth-order valence-electron chi connectivity index (χ4n) is 3.82. The second-order valence-electron chi connectivity index (χ2n) is 7.20. The molecule has 0 aromatic rings. The van der Waals surface area contributed by atoms with Gasteiger partial charge in [0.15, 0.2) is 0 Å². The molecule has 0 aliphatic heterocycles. The Kier molecular flexibility index (Phi) is 6.55. The van der Waals surface area contributed by atoms with Gasteiger partial charge < -0.3 is 5.32 Å². The number of hydrogen-bond donors (Lipinski definition) is 1. The van der Waals surface area contributed by atoms with Crippen molar-refractivity contribution in [3.63, 3.8) is 0 Å². The molecule has 0 radical (unpaired) electrons. The first-order valence-corrected chi connectivity index (χ1v) is 8.46. The average molecular weight is 277 g/mol. The molecule has 0 bridgehead atoms. The molecule has 1 heteroatoms. The quantitative estimate of drug-likeness (QED) is 0.694. The molecule has 1 nitrogen and oxygen atoms in total. The molecule has 116 valence electrons. The molecule has 20 heavy (non-hydrogen) atoms. The summed E-state index contributed by atoms with van der Waals surface area (Å²) in [6.07, 6.45) is 2.43. The van der Waals surface area contributed by atoms with E-state index in [2.05, 4.69) is 66.6 Å². The van der Waals surface area contributed by atoms with E-state index < -0.39 is 0 Å². The van der Waals surface area contributed by atoms with E-state index in [9.17, 15) is 0 Å². The monoisotopic (exact) mass is 277 g/mol. The molecular weight excluding hydrogens is 242 g/mol. The van der Waals surface area contributed by atoms with Gasteiger partial charge in [-0.25, -0.2) is 0 Å². The third-order valence-electron chi connectivity index (χ3n) is 5.65. The third kappa shape index (κ3) is 3.77. The maximum Gasteiger partial charge on any atom is 0.00702 e. The molecular formula is C19H35N. The molecule has 0 aromatic carbocycles. The highest BCUT2D eigenvalue weighted by atomic mass is 14.9. The van der Waals surface area contributed by atoms with Gasteiger partial charge in [0.1, 0.15) is 0 Å². The van der Waals surface area contributed by atoms with E-state index in [1.807, 2.05) is 0 Å². The van der Waals surface area contributed by atoms with Crippen molar-refractivity contribution in [2.24, 2.45) is 29.6 Å². The Morgan fingerprint density at radius 2 is 1.90 bits per heavy atom. The van der Waals surface area contributed by atoms with Crippen LogP contribution in [0.4, 0.5) is 0 Å². The molecule has 5 atom stereocenters. The highest BCUT2D eigenvalue weighted by molar-refractivity contribution is 5.19. The Morgan fingerprint density at radius 1 is 1.30 bits per heavy atom. The predicted octanol–water partition coefficient (Wildman–Crippen LogP) is 5.04. The minimum Gasteiger partial charge on any atom is -0.317 e. The molecule has 0 heterocycles. The van der Waals surface area contributed by atoms with Gasteiger partial charge in [-0.2, -0.15) is 0 Å². The van der Waals surface area contributed by atoms with Crippen molar-refractivity contribution in [1.29, 1.82) is 0 Å². The maximum atomic E-state index is 3.78. The molecule has 0 aromatic heterocycles. The van der Waals surface area contributed by atoms with Crippen molar-refractivity contribution in [2.45, 2.75) is 67.3 Å². The largest absolute Gasteiger partial charge is 0.317 e. The summed E-state index contributed by atoms with van der Waals surface area (Å²) in [6.45, 7) is 16.3. The Hall–Kier alpha value is -0.520. The molecule has 0 amide bonds. The molecule has 5 unspecified atom stereocenters. The summed E-state index contributed by atoms with van der Waals surface area (Å²) in [6, 6.07) is 0.591. The second kappa shape index (κ2) is 7.48. The van der Waals surface area contributed by atoms with Crippen LogP contribution in [0.1, 0.15) is 61.3 Å². The van der Waals surface area contributed by atoms with Crippen LogP contribution in [0.15, 0.2) is 16.9 Å². The lowest BCUT2D eigenvalue weighted by Gasteiger charge is -2.30. The normalized spacial score (nSPS) is 29.4. The Labute approximate surface area is 126 Å². The predicted molar refractivity (Wildman–Crippen MR) is 89.8 cm³/mol. The lowest BCUT2D eigenvalue weighted by Crippen LogP contribution is -2.35. The molecule has 1 rings (SSSR count). The van der Waals surface area contributed by atoms with Crippen LogP contribution in [0.3, 0.4) is 0 Å². The van der Waals surface area contributed by atoms with Crippen molar-refractivity contribution < 1.29 is 0 Å². The highest BCUT2D eigenvalue weighted by Crippen LogP contribution is 2.46. The van der Waals surface area contributed by atoms with Crippen LogP contribution < -0.4 is 5.32 Å². The average Bonchev–Trinajstić information content (AvgIpc) is 2.74. The van der Waals surface area contributed by atoms with Crippen molar-refractivity contribution in [2.75, 3.05) is 7.05 Å². The highest BCUT2D eigenvalue weighted by Gasteiger charge is 2.40. The molecule has 1 fully saturated rings. The van der Waals surface area contributed by atoms with Crippen LogP contribution in [-0.2, 0) is 0 Å². The lowest BCUT2D eigenvalue weighted by molar-refractivity contribution is 0.211. The van der Waals surface area contributed by atoms with Crippen molar-refractivity contribution in [3.05, 3.63) is 16.9 Å². The van der Waals surface area contributed by atoms with E-state index in [4.69, 9.17) is 0 Å². The van der Waals surface area contributed by atoms with Crippen molar-refractivity contribution in [3.8, 4) is 0 Å². The number of allylic oxidation sites excluding steroid dienone is 1. The molecule has 1 saturated carbocycles. The Balaban J connectivity index is 3.11. The minimum absolute atomic E-state index is 0.591. The zero-order valence-corrected chi connectivity index (χ0v) is 14.9. The van der Waals surface area contributed by atoms with Gasteiger partial charge in [-0.05, 0) is 74.5 Å². The van der Waals surface area contributed by atoms with Gasteiger partial charge in [0.25, 0.3) is 0 Å². The van der Waals surface area contributed by atoms with E-state index in [-0.39, 0.29) is 0 Å². The van der Waals surface area contributed by atoms with Gasteiger partial charge in [-0.15, -0.1) is 5.73 Å². The van der Waals surface area contributed by atoms with Gasteiger partial charge in [0.05, 0.1) is 0 Å². The van der Waals surface area contributed by atoms with E-state index in [0.29, 0.717) is 17.9 Å². The number of rotatable bonds is 5. The van der Waals surface area contributed by atoms with Crippen LogP contribution in [0.2, 0.25) is 0 Å². The fraction of sp³-hybridized carbons (Fsp3) is 0.842. The molecule has 0 spiro atoms. The molecule has 1 aliphatic rings. The van der Waals surface area contributed by atoms with Gasteiger partial charge in [0, 0.05) is 6.04 Å². The van der Waals surface area contributed by atoms with Crippen LogP contribution in [0, 0.1) is 29.6 Å². The van der Waals surface area contributed by atoms with Crippen LogP contribution >= 0.6 is 0 Å². The van der Waals surface area contributed by atoms with E-state index in [0.717, 1.165) is 17.8 Å². The first kappa shape index (κ1) is 17.5. The molecule has 0 saturated heterocycles. The zero-order valence-electron chi connectivity index (χ0n) is 14.9. The van der Waals surface area contributed by atoms with Gasteiger partial charge >= 0.3 is 0 Å². The Bertz CT molecular complexity index is 373. The standard InChI is InChI=1S/C19H35N/c1-9-13(4)14(5)10-17-11-18(16(7)20-8)19(12(2)3)15(17)6/h12-13,15-16,18-20H,9,11H2,1-8H3. The fourth-order valence-corrected chi connectivity index (χ4v) is 3.82. The van der Waals surface area contributed by atoms with E-state index >= 15 is 0 Å². The molecule has 1 N–H and O–H groups in total. The molecule has 1 aliphatic carbocycles. The summed E-state index contributed by atoms with van der Waals surface area (Å²) in [4.78, 5) is 0. The van der Waals surface area contributed by atoms with E-state index in [1.165, 1.54) is 18.4 Å². The van der Waals surface area contributed by atoms with Crippen molar-refractivity contribution >= 4 is 0 Å². The van der Waals surface area contributed by atoms with Crippen LogP contribution in [-0.4, -0.2) is 13.1 Å². The first-order valence-electron chi connectivity index (χ1n) is 8.46. The summed E-state index contributed by atoms with van der Waals surface area (Å²) in [7, 11) is 2.09. The Morgan fingerprint density at radius 3 is 2.35 bits per heavy atom. The van der Waals surface area contributed by atoms with E-state index in [1.54, 1.807) is 5.57 Å². The topological polar surface area (TPSA) is 12.0 Å². The zero-order chi connectivity index (χ0) is 15.4. The smallest absolute Gasteiger partial charge is 0.00702 e. The number of hydrogen-bond acceptors (Lipinski definition) is 1. The first-order chi connectivity index (χ1) is 9.33. The summed E-state index contributed by atoms with van der Waals surface area (Å²) in [5.41, 5.74) is 6.78. The van der Waals surface area contributed by atoms with Gasteiger partial charge in [-0.3, -0.25) is 0 Å². The summed E-state index contributed by atoms with van der Waals surface area (Å²) in [5, 5.41) is 3.47. The van der Waals surface area contributed by atoms with Crippen LogP contribution in [0.25, 0.3) is 0 Å². The second-order valence-corrected chi connectivity index (χ2v) is 7.20. The van der Waals surface area contributed by atoms with Gasteiger partial charge in [0.2, 0.25) is 0 Å². The van der Waals surface area contributed by atoms with Crippen molar-refractivity contribution in [1.82, 2.24) is 5.32 Å². The number of nitrogens with one attached hydrogen (secondary N) is 1. The third-order valence-corrected chi connectivity index (χ3v) is 5.65. The summed E-state index contributed by atoms with van der Waals surface area (Å²) >= 11 is 0. The minimum atomic E-state index is 0.591. The maximum absolute atomic E-state index is 3.78. The summed E-state index contributed by atoms with van der Waals surface area (Å²) in [5.74, 6) is 3.61.